The number of ketones is 1. The summed E-state index contributed by atoms with van der Waals surface area (Å²) in [6, 6.07) is 0. The summed E-state index contributed by atoms with van der Waals surface area (Å²) in [4.78, 5) is 12.2. The smallest absolute Gasteiger partial charge is 0.159 e. The van der Waals surface area contributed by atoms with Gasteiger partial charge < -0.3 is 5.11 Å². The van der Waals surface area contributed by atoms with E-state index in [2.05, 4.69) is 15.9 Å². The van der Waals surface area contributed by atoms with Crippen LogP contribution in [0.4, 0.5) is 0 Å². The third-order valence-electron chi connectivity index (χ3n) is 1.22. The van der Waals surface area contributed by atoms with Crippen LogP contribution in [0.25, 0.3) is 0 Å². The van der Waals surface area contributed by atoms with Gasteiger partial charge in [-0.15, -0.1) is 0 Å². The van der Waals surface area contributed by atoms with Gasteiger partial charge in [0.25, 0.3) is 0 Å². The number of allylic oxidation sites excluding steroid dienone is 1. The third-order valence-corrected chi connectivity index (χ3v) is 1.71. The van der Waals surface area contributed by atoms with Crippen LogP contribution in [-0.2, 0) is 4.79 Å². The molecule has 0 saturated carbocycles. The van der Waals surface area contributed by atoms with Gasteiger partial charge in [-0.3, -0.25) is 4.79 Å². The Kier molecular flexibility index (Phi) is 5.07. The zero-order valence-electron chi connectivity index (χ0n) is 6.54. The fraction of sp³-hybridized carbons (Fsp3) is 0.375. The number of hydrogen-bond donors (Lipinski definition) is 1. The van der Waals surface area contributed by atoms with E-state index in [1.165, 1.54) is 11.9 Å². The second-order valence-corrected chi connectivity index (χ2v) is 2.55. The van der Waals surface area contributed by atoms with Crippen LogP contribution in [0.1, 0.15) is 13.8 Å². The lowest BCUT2D eigenvalue weighted by atomic mass is 10.1. The number of Topliss-reactive ketones (excluding diaryl/α,β-unsaturated/α-hetero) is 1. The van der Waals surface area contributed by atoms with Gasteiger partial charge >= 0.3 is 0 Å². The van der Waals surface area contributed by atoms with Crippen LogP contribution in [0.2, 0.25) is 0 Å². The van der Waals surface area contributed by atoms with Crippen LogP contribution in [0.15, 0.2) is 22.7 Å². The Morgan fingerprint density at radius 1 is 1.64 bits per heavy atom. The van der Waals surface area contributed by atoms with Gasteiger partial charge in [0.15, 0.2) is 5.78 Å². The number of rotatable bonds is 3. The van der Waals surface area contributed by atoms with Crippen LogP contribution < -0.4 is 0 Å². The summed E-state index contributed by atoms with van der Waals surface area (Å²) in [7, 11) is 0. The zero-order chi connectivity index (χ0) is 8.85. The lowest BCUT2D eigenvalue weighted by molar-refractivity contribution is -0.114. The van der Waals surface area contributed by atoms with Gasteiger partial charge in [0, 0.05) is 5.57 Å². The van der Waals surface area contributed by atoms with Crippen LogP contribution in [0.5, 0.6) is 0 Å². The molecule has 62 valence electrons. The molecule has 1 N–H and O–H groups in total. The van der Waals surface area contributed by atoms with Crippen LogP contribution in [-0.4, -0.2) is 17.0 Å². The average Bonchev–Trinajstić information content (AvgIpc) is 1.88. The normalized spacial score (nSPS) is 15.5. The van der Waals surface area contributed by atoms with Crippen molar-refractivity contribution < 1.29 is 9.90 Å². The summed E-state index contributed by atoms with van der Waals surface area (Å²) >= 11 is 3.01. The highest BCUT2D eigenvalue weighted by Crippen LogP contribution is 2.07. The molecule has 0 heterocycles. The number of aliphatic hydroxyl groups is 1. The molecule has 0 aromatic heterocycles. The van der Waals surface area contributed by atoms with E-state index >= 15 is 0 Å². The summed E-state index contributed by atoms with van der Waals surface area (Å²) in [6.45, 7) is 3.20. The molecule has 0 amide bonds. The molecule has 3 heteroatoms. The Morgan fingerprint density at radius 2 is 2.18 bits per heavy atom. The maximum absolute atomic E-state index is 10.8. The molecule has 0 aliphatic carbocycles. The minimum Gasteiger partial charge on any atom is -0.384 e. The van der Waals surface area contributed by atoms with Gasteiger partial charge in [-0.05, 0) is 18.8 Å². The second kappa shape index (κ2) is 5.27. The van der Waals surface area contributed by atoms with Gasteiger partial charge in [0.1, 0.15) is 6.10 Å². The monoisotopic (exact) mass is 218 g/mol. The van der Waals surface area contributed by atoms with Crippen molar-refractivity contribution in [1.29, 1.82) is 0 Å². The molecule has 1 unspecified atom stereocenters. The highest BCUT2D eigenvalue weighted by molar-refractivity contribution is 9.11. The third kappa shape index (κ3) is 3.49. The SMILES string of the molecule is C/C=C/C(O)/C(=C/Br)C(C)=O. The lowest BCUT2D eigenvalue weighted by Gasteiger charge is -2.05. The molecule has 0 aliphatic heterocycles. The van der Waals surface area contributed by atoms with Crippen molar-refractivity contribution in [2.75, 3.05) is 0 Å². The van der Waals surface area contributed by atoms with Crippen molar-refractivity contribution in [3.63, 3.8) is 0 Å². The average molecular weight is 219 g/mol. The van der Waals surface area contributed by atoms with E-state index in [9.17, 15) is 9.90 Å². The van der Waals surface area contributed by atoms with Crippen molar-refractivity contribution in [1.82, 2.24) is 0 Å². The lowest BCUT2D eigenvalue weighted by Crippen LogP contribution is -2.12. The Balaban J connectivity index is 4.40. The predicted molar refractivity (Wildman–Crippen MR) is 48.5 cm³/mol. The quantitative estimate of drug-likeness (QED) is 0.580. The van der Waals surface area contributed by atoms with Gasteiger partial charge in [-0.25, -0.2) is 0 Å². The van der Waals surface area contributed by atoms with Gasteiger partial charge in [0.05, 0.1) is 0 Å². The molecule has 0 bridgehead atoms. The minimum absolute atomic E-state index is 0.132. The van der Waals surface area contributed by atoms with Crippen molar-refractivity contribution >= 4 is 21.7 Å². The van der Waals surface area contributed by atoms with E-state index < -0.39 is 6.10 Å². The molecule has 0 saturated heterocycles. The standard InChI is InChI=1S/C8H11BrO2/c1-3-4-8(11)7(5-9)6(2)10/h3-5,8,11H,1-2H3/b4-3+,7-5+. The molecular weight excluding hydrogens is 208 g/mol. The molecule has 0 aliphatic rings. The van der Waals surface area contributed by atoms with E-state index in [-0.39, 0.29) is 5.78 Å². The summed E-state index contributed by atoms with van der Waals surface area (Å²) in [6.07, 6.45) is 2.45. The van der Waals surface area contributed by atoms with Crippen molar-refractivity contribution in [3.8, 4) is 0 Å². The first-order valence-electron chi connectivity index (χ1n) is 3.25. The molecule has 0 spiro atoms. The van der Waals surface area contributed by atoms with Crippen LogP contribution >= 0.6 is 15.9 Å². The predicted octanol–water partition coefficient (Wildman–Crippen LogP) is 1.79. The maximum Gasteiger partial charge on any atom is 0.159 e. The number of hydrogen-bond acceptors (Lipinski definition) is 2. The second-order valence-electron chi connectivity index (χ2n) is 2.09. The highest BCUT2D eigenvalue weighted by Gasteiger charge is 2.10. The van der Waals surface area contributed by atoms with E-state index in [1.807, 2.05) is 0 Å². The Morgan fingerprint density at radius 3 is 2.45 bits per heavy atom. The highest BCUT2D eigenvalue weighted by atomic mass is 79.9. The van der Waals surface area contributed by atoms with E-state index in [0.717, 1.165) is 0 Å². The maximum atomic E-state index is 10.8. The van der Waals surface area contributed by atoms with Crippen LogP contribution in [0.3, 0.4) is 0 Å². The van der Waals surface area contributed by atoms with Gasteiger partial charge in [0.2, 0.25) is 0 Å². The first kappa shape index (κ1) is 10.6. The minimum atomic E-state index is -0.795. The molecular formula is C8H11BrO2. The largest absolute Gasteiger partial charge is 0.384 e. The summed E-state index contributed by atoms with van der Waals surface area (Å²) in [5.41, 5.74) is 0.364. The first-order valence-corrected chi connectivity index (χ1v) is 4.17. The summed E-state index contributed by atoms with van der Waals surface area (Å²) < 4.78 is 0. The number of aliphatic hydroxyl groups excluding tert-OH is 1. The van der Waals surface area contributed by atoms with Crippen molar-refractivity contribution in [3.05, 3.63) is 22.7 Å². The fourth-order valence-corrected chi connectivity index (χ4v) is 1.23. The molecule has 0 aromatic rings. The fourth-order valence-electron chi connectivity index (χ4n) is 0.636. The Bertz CT molecular complexity index is 194. The van der Waals surface area contributed by atoms with Crippen molar-refractivity contribution in [2.24, 2.45) is 0 Å². The van der Waals surface area contributed by atoms with Crippen LogP contribution in [0, 0.1) is 0 Å². The Hall–Kier alpha value is -0.410. The van der Waals surface area contributed by atoms with Gasteiger partial charge in [-0.2, -0.15) is 0 Å². The Labute approximate surface area is 74.7 Å². The first-order chi connectivity index (χ1) is 5.13. The summed E-state index contributed by atoms with van der Waals surface area (Å²) in [5, 5.41) is 9.27. The van der Waals surface area contributed by atoms with E-state index in [0.29, 0.717) is 5.57 Å². The van der Waals surface area contributed by atoms with Gasteiger partial charge in [-0.1, -0.05) is 28.1 Å². The molecule has 0 rings (SSSR count). The summed E-state index contributed by atoms with van der Waals surface area (Å²) in [5.74, 6) is -0.132. The van der Waals surface area contributed by atoms with Crippen molar-refractivity contribution in [2.45, 2.75) is 20.0 Å². The molecule has 2 nitrogen and oxygen atoms in total. The van der Waals surface area contributed by atoms with E-state index in [1.54, 1.807) is 19.1 Å². The number of carbonyl (C=O) groups excluding carboxylic acids is 1. The number of carbonyl (C=O) groups is 1. The molecule has 0 radical (unpaired) electrons. The number of halogens is 1. The zero-order valence-corrected chi connectivity index (χ0v) is 8.13. The molecule has 0 aromatic carbocycles. The topological polar surface area (TPSA) is 37.3 Å². The molecule has 0 fully saturated rings. The van der Waals surface area contributed by atoms with E-state index in [4.69, 9.17) is 0 Å². The molecule has 11 heavy (non-hydrogen) atoms. The molecule has 1 atom stereocenters.